The Hall–Kier alpha value is -2.84. The molecule has 0 aliphatic carbocycles. The van der Waals surface area contributed by atoms with Gasteiger partial charge in [-0.2, -0.15) is 0 Å². The van der Waals surface area contributed by atoms with Gasteiger partial charge in [-0.05, 0) is 24.3 Å². The minimum absolute atomic E-state index is 0.147. The number of aromatic nitrogens is 3. The van der Waals surface area contributed by atoms with Crippen LogP contribution in [0.3, 0.4) is 0 Å². The van der Waals surface area contributed by atoms with Crippen molar-refractivity contribution in [1.29, 1.82) is 0 Å². The zero-order chi connectivity index (χ0) is 17.9. The highest BCUT2D eigenvalue weighted by molar-refractivity contribution is 7.22. The average Bonchev–Trinajstić information content (AvgIpc) is 3.28. The molecule has 4 aromatic rings. The summed E-state index contributed by atoms with van der Waals surface area (Å²) in [5.41, 5.74) is 2.43. The lowest BCUT2D eigenvalue weighted by molar-refractivity contribution is -0.115. The maximum Gasteiger partial charge on any atom is 0.232 e. The molecule has 26 heavy (non-hydrogen) atoms. The van der Waals surface area contributed by atoms with Crippen molar-refractivity contribution in [3.05, 3.63) is 53.8 Å². The van der Waals surface area contributed by atoms with Crippen molar-refractivity contribution < 1.29 is 9.53 Å². The Morgan fingerprint density at radius 2 is 2.15 bits per heavy atom. The van der Waals surface area contributed by atoms with Crippen molar-refractivity contribution in [2.24, 2.45) is 0 Å². The van der Waals surface area contributed by atoms with E-state index < -0.39 is 0 Å². The molecule has 1 aromatic carbocycles. The monoisotopic (exact) mass is 382 g/mol. The molecule has 1 N–H and O–H groups in total. The van der Waals surface area contributed by atoms with Crippen molar-refractivity contribution in [1.82, 2.24) is 15.0 Å². The van der Waals surface area contributed by atoms with Crippen LogP contribution in [0, 0.1) is 0 Å². The number of hydrogen-bond donors (Lipinski definition) is 1. The van der Waals surface area contributed by atoms with E-state index >= 15 is 0 Å². The molecular formula is C18H14N4O2S2. The Kier molecular flexibility index (Phi) is 4.59. The minimum Gasteiger partial charge on any atom is -0.494 e. The predicted molar refractivity (Wildman–Crippen MR) is 104 cm³/mol. The van der Waals surface area contributed by atoms with Crippen LogP contribution in [0.2, 0.25) is 0 Å². The lowest BCUT2D eigenvalue weighted by Gasteiger charge is -1.99. The Balaban J connectivity index is 1.47. The summed E-state index contributed by atoms with van der Waals surface area (Å²) in [6.45, 7) is 0. The number of thiazole rings is 2. The number of ether oxygens (including phenoxy) is 1. The van der Waals surface area contributed by atoms with Crippen LogP contribution in [0.25, 0.3) is 20.8 Å². The summed E-state index contributed by atoms with van der Waals surface area (Å²) in [5.74, 6) is 0.547. The smallest absolute Gasteiger partial charge is 0.232 e. The van der Waals surface area contributed by atoms with E-state index in [1.54, 1.807) is 19.5 Å². The molecular weight excluding hydrogens is 368 g/mol. The highest BCUT2D eigenvalue weighted by atomic mass is 32.1. The van der Waals surface area contributed by atoms with Crippen molar-refractivity contribution >= 4 is 43.9 Å². The van der Waals surface area contributed by atoms with Gasteiger partial charge in [0, 0.05) is 23.3 Å². The predicted octanol–water partition coefficient (Wildman–Crippen LogP) is 4.00. The van der Waals surface area contributed by atoms with Crippen molar-refractivity contribution in [3.63, 3.8) is 0 Å². The van der Waals surface area contributed by atoms with Crippen LogP contribution in [0.15, 0.2) is 48.1 Å². The number of para-hydroxylation sites is 1. The van der Waals surface area contributed by atoms with E-state index in [2.05, 4.69) is 20.3 Å². The number of carbonyl (C=O) groups excluding carboxylic acids is 1. The topological polar surface area (TPSA) is 77.0 Å². The molecule has 0 radical (unpaired) electrons. The molecule has 0 aliphatic heterocycles. The van der Waals surface area contributed by atoms with Gasteiger partial charge in [0.05, 0.1) is 23.9 Å². The number of carbonyl (C=O) groups is 1. The number of nitrogens with zero attached hydrogens (tertiary/aromatic N) is 3. The molecule has 0 aliphatic rings. The number of benzene rings is 1. The minimum atomic E-state index is -0.147. The molecule has 4 rings (SSSR count). The summed E-state index contributed by atoms with van der Waals surface area (Å²) in [6.07, 6.45) is 3.68. The first-order valence-corrected chi connectivity index (χ1v) is 9.51. The summed E-state index contributed by atoms with van der Waals surface area (Å²) >= 11 is 2.92. The number of amides is 1. The van der Waals surface area contributed by atoms with E-state index in [4.69, 9.17) is 4.74 Å². The van der Waals surface area contributed by atoms with Gasteiger partial charge in [0.1, 0.15) is 16.3 Å². The first-order chi connectivity index (χ1) is 12.7. The van der Waals surface area contributed by atoms with E-state index in [1.165, 1.54) is 22.7 Å². The van der Waals surface area contributed by atoms with Crippen molar-refractivity contribution in [2.45, 2.75) is 6.42 Å². The van der Waals surface area contributed by atoms with Crippen LogP contribution in [0.4, 0.5) is 5.13 Å². The number of rotatable bonds is 5. The van der Waals surface area contributed by atoms with Gasteiger partial charge in [-0.1, -0.05) is 17.4 Å². The Morgan fingerprint density at radius 1 is 1.23 bits per heavy atom. The fourth-order valence-electron chi connectivity index (χ4n) is 2.48. The van der Waals surface area contributed by atoms with Gasteiger partial charge in [-0.15, -0.1) is 11.3 Å². The average molecular weight is 382 g/mol. The largest absolute Gasteiger partial charge is 0.494 e. The Labute approximate surface area is 157 Å². The maximum absolute atomic E-state index is 12.3. The molecule has 8 heteroatoms. The van der Waals surface area contributed by atoms with Crippen LogP contribution in [-0.4, -0.2) is 28.0 Å². The second-order valence-electron chi connectivity index (χ2n) is 5.44. The number of fused-ring (bicyclic) bond motifs is 1. The molecule has 0 atom stereocenters. The third-order valence-electron chi connectivity index (χ3n) is 3.65. The lowest BCUT2D eigenvalue weighted by atomic mass is 10.3. The van der Waals surface area contributed by atoms with E-state index in [1.807, 2.05) is 35.7 Å². The Morgan fingerprint density at radius 3 is 2.96 bits per heavy atom. The quantitative estimate of drug-likeness (QED) is 0.564. The van der Waals surface area contributed by atoms with Gasteiger partial charge < -0.3 is 10.1 Å². The van der Waals surface area contributed by atoms with Gasteiger partial charge in [-0.25, -0.2) is 9.97 Å². The molecule has 3 aromatic heterocycles. The van der Waals surface area contributed by atoms with Crippen LogP contribution in [0.1, 0.15) is 5.69 Å². The molecule has 0 unspecified atom stereocenters. The summed E-state index contributed by atoms with van der Waals surface area (Å²) in [7, 11) is 1.61. The van der Waals surface area contributed by atoms with Crippen molar-refractivity contribution in [2.75, 3.05) is 12.4 Å². The SMILES string of the molecule is COc1cccc2sc(NC(=O)Cc3csc(-c4cccnc4)n3)nc12. The molecule has 0 spiro atoms. The van der Waals surface area contributed by atoms with Crippen LogP contribution < -0.4 is 10.1 Å². The second kappa shape index (κ2) is 7.19. The Bertz CT molecular complexity index is 1060. The summed E-state index contributed by atoms with van der Waals surface area (Å²) < 4.78 is 6.27. The molecule has 130 valence electrons. The maximum atomic E-state index is 12.3. The fourth-order valence-corrected chi connectivity index (χ4v) is 4.19. The van der Waals surface area contributed by atoms with Gasteiger partial charge in [0.15, 0.2) is 5.13 Å². The molecule has 0 bridgehead atoms. The number of methoxy groups -OCH3 is 1. The number of nitrogens with one attached hydrogen (secondary N) is 1. The van der Waals surface area contributed by atoms with Gasteiger partial charge >= 0.3 is 0 Å². The van der Waals surface area contributed by atoms with E-state index in [9.17, 15) is 4.79 Å². The lowest BCUT2D eigenvalue weighted by Crippen LogP contribution is -2.14. The highest BCUT2D eigenvalue weighted by Crippen LogP contribution is 2.32. The molecule has 6 nitrogen and oxygen atoms in total. The number of hydrogen-bond acceptors (Lipinski definition) is 7. The second-order valence-corrected chi connectivity index (χ2v) is 7.33. The first kappa shape index (κ1) is 16.6. The first-order valence-electron chi connectivity index (χ1n) is 7.81. The summed E-state index contributed by atoms with van der Waals surface area (Å²) in [5, 5.41) is 6.14. The van der Waals surface area contributed by atoms with Crippen LogP contribution >= 0.6 is 22.7 Å². The molecule has 0 fully saturated rings. The van der Waals surface area contributed by atoms with E-state index in [0.29, 0.717) is 10.9 Å². The number of pyridine rings is 1. The third-order valence-corrected chi connectivity index (χ3v) is 5.53. The fraction of sp³-hybridized carbons (Fsp3) is 0.111. The molecule has 0 saturated carbocycles. The summed E-state index contributed by atoms with van der Waals surface area (Å²) in [6, 6.07) is 9.52. The normalized spacial score (nSPS) is 10.8. The van der Waals surface area contributed by atoms with Crippen molar-refractivity contribution in [3.8, 4) is 16.3 Å². The molecule has 1 amide bonds. The highest BCUT2D eigenvalue weighted by Gasteiger charge is 2.13. The third kappa shape index (κ3) is 3.42. The zero-order valence-electron chi connectivity index (χ0n) is 13.8. The van der Waals surface area contributed by atoms with Gasteiger partial charge in [0.2, 0.25) is 5.91 Å². The van der Waals surface area contributed by atoms with E-state index in [-0.39, 0.29) is 12.3 Å². The standard InChI is InChI=1S/C18H14N4O2S2/c1-24-13-5-2-6-14-16(13)22-18(26-14)21-15(23)8-12-10-25-17(20-12)11-4-3-7-19-9-11/h2-7,9-10H,8H2,1H3,(H,21,22,23). The van der Waals surface area contributed by atoms with Gasteiger partial charge in [-0.3, -0.25) is 9.78 Å². The van der Waals surface area contributed by atoms with Crippen LogP contribution in [-0.2, 0) is 11.2 Å². The van der Waals surface area contributed by atoms with Gasteiger partial charge in [0.25, 0.3) is 0 Å². The van der Waals surface area contributed by atoms with E-state index in [0.717, 1.165) is 26.5 Å². The molecule has 0 saturated heterocycles. The zero-order valence-corrected chi connectivity index (χ0v) is 15.4. The van der Waals surface area contributed by atoms with Crippen LogP contribution in [0.5, 0.6) is 5.75 Å². The summed E-state index contributed by atoms with van der Waals surface area (Å²) in [4.78, 5) is 25.4. The number of anilines is 1. The molecule has 3 heterocycles.